The maximum Gasteiger partial charge on any atom is 0.412 e. The lowest BCUT2D eigenvalue weighted by atomic mass is 10.1. The maximum atomic E-state index is 13.6. The molecule has 0 heterocycles. The van der Waals surface area contributed by atoms with Crippen LogP contribution in [0.4, 0.5) is 23.7 Å². The van der Waals surface area contributed by atoms with Crippen molar-refractivity contribution in [1.82, 2.24) is 0 Å². The highest BCUT2D eigenvalue weighted by Crippen LogP contribution is 2.31. The van der Waals surface area contributed by atoms with Crippen LogP contribution >= 0.6 is 0 Å². The SMILES string of the molecule is CC(C)(C)OC(=O)Nc1ccc(C(F)(F)C(=O)O)c(F)c1. The number of nitrogens with one attached hydrogen (secondary N) is 1. The van der Waals surface area contributed by atoms with E-state index in [4.69, 9.17) is 9.84 Å². The quantitative estimate of drug-likeness (QED) is 0.898. The van der Waals surface area contributed by atoms with Crippen LogP contribution < -0.4 is 5.32 Å². The van der Waals surface area contributed by atoms with E-state index >= 15 is 0 Å². The molecule has 1 rings (SSSR count). The van der Waals surface area contributed by atoms with E-state index in [1.165, 1.54) is 0 Å². The van der Waals surface area contributed by atoms with Crippen LogP contribution in [0.15, 0.2) is 18.2 Å². The molecule has 0 saturated heterocycles. The molecule has 1 aromatic carbocycles. The molecular formula is C13H14F3NO4. The zero-order chi connectivity index (χ0) is 16.4. The number of amides is 1. The number of aliphatic carboxylic acids is 1. The Morgan fingerprint density at radius 1 is 1.24 bits per heavy atom. The van der Waals surface area contributed by atoms with E-state index < -0.39 is 35.0 Å². The molecule has 1 amide bonds. The van der Waals surface area contributed by atoms with Gasteiger partial charge >= 0.3 is 18.0 Å². The molecule has 0 aliphatic carbocycles. The van der Waals surface area contributed by atoms with Gasteiger partial charge in [0.15, 0.2) is 0 Å². The Morgan fingerprint density at radius 2 is 1.81 bits per heavy atom. The molecule has 1 aromatic rings. The van der Waals surface area contributed by atoms with Crippen molar-refractivity contribution in [2.75, 3.05) is 5.32 Å². The number of hydrogen-bond acceptors (Lipinski definition) is 3. The summed E-state index contributed by atoms with van der Waals surface area (Å²) in [6, 6.07) is 2.14. The first kappa shape index (κ1) is 16.8. The Balaban J connectivity index is 2.94. The molecule has 116 valence electrons. The molecule has 0 bridgehead atoms. The maximum absolute atomic E-state index is 13.6. The van der Waals surface area contributed by atoms with Crippen molar-refractivity contribution in [3.8, 4) is 0 Å². The van der Waals surface area contributed by atoms with Crippen LogP contribution in [-0.2, 0) is 15.5 Å². The first-order valence-corrected chi connectivity index (χ1v) is 5.85. The van der Waals surface area contributed by atoms with Gasteiger partial charge in [0.2, 0.25) is 0 Å². The first-order chi connectivity index (χ1) is 9.43. The molecule has 0 aliphatic rings. The standard InChI is InChI=1S/C13H14F3NO4/c1-12(2,3)21-11(20)17-7-4-5-8(9(14)6-7)13(15,16)10(18)19/h4-6H,1-3H3,(H,17,20)(H,18,19). The van der Waals surface area contributed by atoms with Crippen molar-refractivity contribution in [1.29, 1.82) is 0 Å². The van der Waals surface area contributed by atoms with Gasteiger partial charge in [-0.3, -0.25) is 5.32 Å². The van der Waals surface area contributed by atoms with E-state index in [0.717, 1.165) is 6.07 Å². The number of carboxylic acids is 1. The molecule has 0 radical (unpaired) electrons. The van der Waals surface area contributed by atoms with Crippen molar-refractivity contribution in [3.05, 3.63) is 29.6 Å². The van der Waals surface area contributed by atoms with Gasteiger partial charge in [-0.15, -0.1) is 0 Å². The molecule has 0 spiro atoms. The number of hydrogen-bond donors (Lipinski definition) is 2. The van der Waals surface area contributed by atoms with Gasteiger partial charge in [0, 0.05) is 5.69 Å². The van der Waals surface area contributed by atoms with E-state index in [1.807, 2.05) is 0 Å². The molecule has 8 heteroatoms. The van der Waals surface area contributed by atoms with E-state index in [0.29, 0.717) is 12.1 Å². The van der Waals surface area contributed by atoms with Crippen LogP contribution in [0.3, 0.4) is 0 Å². The summed E-state index contributed by atoms with van der Waals surface area (Å²) in [5.74, 6) is -8.26. The highest BCUT2D eigenvalue weighted by atomic mass is 19.3. The number of alkyl halides is 2. The van der Waals surface area contributed by atoms with Gasteiger partial charge in [-0.1, -0.05) is 0 Å². The molecule has 0 unspecified atom stereocenters. The lowest BCUT2D eigenvalue weighted by Crippen LogP contribution is -2.28. The predicted octanol–water partition coefficient (Wildman–Crippen LogP) is 3.35. The third-order valence-electron chi connectivity index (χ3n) is 2.22. The van der Waals surface area contributed by atoms with Crippen LogP contribution in [0.5, 0.6) is 0 Å². The smallest absolute Gasteiger partial charge is 0.412 e. The lowest BCUT2D eigenvalue weighted by molar-refractivity contribution is -0.166. The fourth-order valence-corrected chi connectivity index (χ4v) is 1.38. The Morgan fingerprint density at radius 3 is 2.24 bits per heavy atom. The minimum absolute atomic E-state index is 0.133. The summed E-state index contributed by atoms with van der Waals surface area (Å²) in [6.45, 7) is 4.84. The van der Waals surface area contributed by atoms with E-state index in [9.17, 15) is 22.8 Å². The van der Waals surface area contributed by atoms with Crippen LogP contribution in [0.1, 0.15) is 26.3 Å². The summed E-state index contributed by atoms with van der Waals surface area (Å²) in [5, 5.41) is 10.5. The van der Waals surface area contributed by atoms with E-state index in [1.54, 1.807) is 20.8 Å². The average molecular weight is 305 g/mol. The molecule has 0 aliphatic heterocycles. The molecule has 21 heavy (non-hydrogen) atoms. The molecular weight excluding hydrogens is 291 g/mol. The van der Waals surface area contributed by atoms with Crippen LogP contribution in [0.25, 0.3) is 0 Å². The van der Waals surface area contributed by atoms with Crippen molar-refractivity contribution < 1.29 is 32.6 Å². The second kappa shape index (κ2) is 5.63. The summed E-state index contributed by atoms with van der Waals surface area (Å²) in [4.78, 5) is 21.8. The summed E-state index contributed by atoms with van der Waals surface area (Å²) < 4.78 is 44.9. The average Bonchev–Trinajstić information content (AvgIpc) is 2.25. The summed E-state index contributed by atoms with van der Waals surface area (Å²) >= 11 is 0. The molecule has 0 atom stereocenters. The second-order valence-electron chi connectivity index (χ2n) is 5.20. The number of carbonyl (C=O) groups is 2. The van der Waals surface area contributed by atoms with Crippen LogP contribution in [0.2, 0.25) is 0 Å². The second-order valence-corrected chi connectivity index (χ2v) is 5.20. The number of benzene rings is 1. The normalized spacial score (nSPS) is 11.9. The van der Waals surface area contributed by atoms with Gasteiger partial charge < -0.3 is 9.84 Å². The Labute approximate surface area is 118 Å². The third kappa shape index (κ3) is 4.37. The van der Waals surface area contributed by atoms with Gasteiger partial charge in [-0.25, -0.2) is 14.0 Å². The fraction of sp³-hybridized carbons (Fsp3) is 0.385. The largest absolute Gasteiger partial charge is 0.477 e. The van der Waals surface area contributed by atoms with Crippen molar-refractivity contribution in [2.24, 2.45) is 0 Å². The van der Waals surface area contributed by atoms with Crippen molar-refractivity contribution >= 4 is 17.7 Å². The van der Waals surface area contributed by atoms with Gasteiger partial charge in [0.25, 0.3) is 0 Å². The lowest BCUT2D eigenvalue weighted by Gasteiger charge is -2.20. The molecule has 0 aromatic heterocycles. The Hall–Kier alpha value is -2.25. The molecule has 0 saturated carbocycles. The topological polar surface area (TPSA) is 75.6 Å². The van der Waals surface area contributed by atoms with Gasteiger partial charge in [0.05, 0.1) is 5.56 Å². The fourth-order valence-electron chi connectivity index (χ4n) is 1.38. The molecule has 2 N–H and O–H groups in total. The van der Waals surface area contributed by atoms with Crippen molar-refractivity contribution in [2.45, 2.75) is 32.3 Å². The highest BCUT2D eigenvalue weighted by Gasteiger charge is 2.43. The highest BCUT2D eigenvalue weighted by molar-refractivity contribution is 5.85. The molecule has 0 fully saturated rings. The van der Waals surface area contributed by atoms with Gasteiger partial charge in [-0.2, -0.15) is 8.78 Å². The van der Waals surface area contributed by atoms with Crippen molar-refractivity contribution in [3.63, 3.8) is 0 Å². The zero-order valence-electron chi connectivity index (χ0n) is 11.5. The van der Waals surface area contributed by atoms with Gasteiger partial charge in [0.1, 0.15) is 11.4 Å². The number of rotatable bonds is 3. The number of anilines is 1. The minimum Gasteiger partial charge on any atom is -0.477 e. The number of carbonyl (C=O) groups excluding carboxylic acids is 1. The predicted molar refractivity (Wildman–Crippen MR) is 67.8 cm³/mol. The van der Waals surface area contributed by atoms with E-state index in [-0.39, 0.29) is 5.69 Å². The number of carboxylic acid groups (broad SMARTS) is 1. The summed E-state index contributed by atoms with van der Waals surface area (Å²) in [5.41, 5.74) is -2.20. The Bertz CT molecular complexity index is 567. The zero-order valence-corrected chi connectivity index (χ0v) is 11.5. The number of ether oxygens (including phenoxy) is 1. The van der Waals surface area contributed by atoms with Crippen LogP contribution in [0, 0.1) is 5.82 Å². The first-order valence-electron chi connectivity index (χ1n) is 5.85. The molecule has 5 nitrogen and oxygen atoms in total. The Kier molecular flexibility index (Phi) is 4.50. The third-order valence-corrected chi connectivity index (χ3v) is 2.22. The summed E-state index contributed by atoms with van der Waals surface area (Å²) in [6.07, 6.45) is -0.889. The van der Waals surface area contributed by atoms with Crippen LogP contribution in [-0.4, -0.2) is 22.8 Å². The monoisotopic (exact) mass is 305 g/mol. The van der Waals surface area contributed by atoms with E-state index in [2.05, 4.69) is 5.32 Å². The summed E-state index contributed by atoms with van der Waals surface area (Å²) in [7, 11) is 0. The number of halogens is 3. The minimum atomic E-state index is -4.35. The van der Waals surface area contributed by atoms with Gasteiger partial charge in [-0.05, 0) is 39.0 Å².